The Hall–Kier alpha value is -1.73. The van der Waals surface area contributed by atoms with E-state index >= 15 is 0 Å². The van der Waals surface area contributed by atoms with Gasteiger partial charge in [-0.05, 0) is 36.2 Å². The van der Waals surface area contributed by atoms with E-state index in [2.05, 4.69) is 34.8 Å². The molecule has 0 bridgehead atoms. The van der Waals surface area contributed by atoms with E-state index in [1.54, 1.807) is 28.6 Å². The molecular formula is C20H18BrF3N2S. The predicted octanol–water partition coefficient (Wildman–Crippen LogP) is 7.07. The monoisotopic (exact) mass is 454 g/mol. The molecule has 0 atom stereocenters. The molecule has 7 heteroatoms. The molecule has 0 aliphatic carbocycles. The maximum atomic E-state index is 13.2. The van der Waals surface area contributed by atoms with E-state index in [-0.39, 0.29) is 0 Å². The van der Waals surface area contributed by atoms with Crippen LogP contribution in [0.15, 0.2) is 64.4 Å². The van der Waals surface area contributed by atoms with Crippen molar-refractivity contribution in [1.29, 1.82) is 0 Å². The highest BCUT2D eigenvalue weighted by molar-refractivity contribution is 9.10. The zero-order valence-corrected chi connectivity index (χ0v) is 17.2. The first-order chi connectivity index (χ1) is 12.8. The summed E-state index contributed by atoms with van der Waals surface area (Å²) < 4.78 is 42.3. The lowest BCUT2D eigenvalue weighted by molar-refractivity contribution is -0.137. The summed E-state index contributed by atoms with van der Waals surface area (Å²) in [4.78, 5) is 4.49. The second kappa shape index (κ2) is 8.10. The summed E-state index contributed by atoms with van der Waals surface area (Å²) in [6.07, 6.45) is -2.67. The van der Waals surface area contributed by atoms with Crippen LogP contribution in [0.4, 0.5) is 13.2 Å². The van der Waals surface area contributed by atoms with Gasteiger partial charge in [-0.25, -0.2) is 4.98 Å². The van der Waals surface area contributed by atoms with Gasteiger partial charge in [0.2, 0.25) is 0 Å². The van der Waals surface area contributed by atoms with Crippen molar-refractivity contribution in [2.75, 3.05) is 5.75 Å². The summed E-state index contributed by atoms with van der Waals surface area (Å²) in [5.41, 5.74) is 1.43. The highest BCUT2D eigenvalue weighted by Crippen LogP contribution is 2.34. The van der Waals surface area contributed by atoms with E-state index in [0.29, 0.717) is 16.8 Å². The lowest BCUT2D eigenvalue weighted by Gasteiger charge is -2.15. The Labute approximate surface area is 168 Å². The van der Waals surface area contributed by atoms with E-state index < -0.39 is 11.7 Å². The molecule has 0 amide bonds. The lowest BCUT2D eigenvalue weighted by Crippen LogP contribution is -2.07. The summed E-state index contributed by atoms with van der Waals surface area (Å²) in [6, 6.07) is 13.0. The number of nitrogens with zero attached hydrogens (tertiary/aromatic N) is 2. The zero-order chi connectivity index (χ0) is 19.6. The van der Waals surface area contributed by atoms with Crippen LogP contribution in [-0.4, -0.2) is 15.3 Å². The largest absolute Gasteiger partial charge is 0.416 e. The van der Waals surface area contributed by atoms with Crippen LogP contribution < -0.4 is 0 Å². The van der Waals surface area contributed by atoms with Crippen LogP contribution in [0.1, 0.15) is 19.4 Å². The minimum Gasteiger partial charge on any atom is -0.287 e. The van der Waals surface area contributed by atoms with Gasteiger partial charge in [0, 0.05) is 21.5 Å². The fourth-order valence-corrected chi connectivity index (χ4v) is 3.78. The Morgan fingerprint density at radius 2 is 1.81 bits per heavy atom. The molecule has 1 heterocycles. The number of hydrogen-bond donors (Lipinski definition) is 0. The van der Waals surface area contributed by atoms with Gasteiger partial charge in [-0.3, -0.25) is 4.57 Å². The highest BCUT2D eigenvalue weighted by atomic mass is 79.9. The lowest BCUT2D eigenvalue weighted by atomic mass is 10.1. The summed E-state index contributed by atoms with van der Waals surface area (Å²) >= 11 is 4.95. The van der Waals surface area contributed by atoms with E-state index in [1.165, 1.54) is 12.1 Å². The summed E-state index contributed by atoms with van der Waals surface area (Å²) in [5, 5.41) is 0.681. The number of thioether (sulfide) groups is 1. The Morgan fingerprint density at radius 3 is 2.44 bits per heavy atom. The van der Waals surface area contributed by atoms with Gasteiger partial charge in [-0.2, -0.15) is 13.2 Å². The normalized spacial score (nSPS) is 12.0. The number of aromatic nitrogens is 2. The first-order valence-corrected chi connectivity index (χ1v) is 10.2. The van der Waals surface area contributed by atoms with Crippen molar-refractivity contribution >= 4 is 27.7 Å². The number of rotatable bonds is 5. The van der Waals surface area contributed by atoms with Gasteiger partial charge < -0.3 is 0 Å². The quantitative estimate of drug-likeness (QED) is 0.383. The Kier molecular flexibility index (Phi) is 6.01. The molecular weight excluding hydrogens is 437 g/mol. The van der Waals surface area contributed by atoms with Gasteiger partial charge in [0.15, 0.2) is 5.16 Å². The van der Waals surface area contributed by atoms with E-state index in [1.807, 2.05) is 24.3 Å². The SMILES string of the molecule is CC(C)CSc1ncc(-c2ccc(Br)cc2)n1-c1cccc(C(F)(F)F)c1. The van der Waals surface area contributed by atoms with Gasteiger partial charge in [0.25, 0.3) is 0 Å². The topological polar surface area (TPSA) is 17.8 Å². The van der Waals surface area contributed by atoms with Crippen molar-refractivity contribution in [3.8, 4) is 16.9 Å². The molecule has 0 unspecified atom stereocenters. The molecule has 3 aromatic rings. The van der Waals surface area contributed by atoms with Gasteiger partial charge in [0.05, 0.1) is 17.5 Å². The molecule has 27 heavy (non-hydrogen) atoms. The summed E-state index contributed by atoms with van der Waals surface area (Å²) in [7, 11) is 0. The zero-order valence-electron chi connectivity index (χ0n) is 14.8. The molecule has 0 saturated carbocycles. The molecule has 0 aliphatic rings. The predicted molar refractivity (Wildman–Crippen MR) is 107 cm³/mol. The molecule has 142 valence electrons. The number of hydrogen-bond acceptors (Lipinski definition) is 2. The van der Waals surface area contributed by atoms with Gasteiger partial charge in [-0.1, -0.05) is 59.7 Å². The highest BCUT2D eigenvalue weighted by Gasteiger charge is 2.31. The second-order valence-electron chi connectivity index (χ2n) is 6.52. The van der Waals surface area contributed by atoms with Crippen molar-refractivity contribution in [3.63, 3.8) is 0 Å². The first kappa shape index (κ1) is 20.0. The van der Waals surface area contributed by atoms with Crippen molar-refractivity contribution < 1.29 is 13.2 Å². The molecule has 0 spiro atoms. The van der Waals surface area contributed by atoms with Gasteiger partial charge in [-0.15, -0.1) is 0 Å². The Morgan fingerprint density at radius 1 is 1.11 bits per heavy atom. The third-order valence-corrected chi connectivity index (χ3v) is 5.76. The second-order valence-corrected chi connectivity index (χ2v) is 8.42. The van der Waals surface area contributed by atoms with Crippen LogP contribution >= 0.6 is 27.7 Å². The van der Waals surface area contributed by atoms with Crippen LogP contribution in [0.25, 0.3) is 16.9 Å². The molecule has 1 aromatic heterocycles. The standard InChI is InChI=1S/C20H18BrF3N2S/c1-13(2)12-27-19-25-11-18(14-6-8-16(21)9-7-14)26(19)17-5-3-4-15(10-17)20(22,23)24/h3-11,13H,12H2,1-2H3. The molecule has 2 aromatic carbocycles. The minimum atomic E-state index is -4.39. The number of imidazole rings is 1. The Bertz CT molecular complexity index is 918. The van der Waals surface area contributed by atoms with E-state index in [9.17, 15) is 13.2 Å². The molecule has 0 aliphatic heterocycles. The maximum absolute atomic E-state index is 13.2. The van der Waals surface area contributed by atoms with E-state index in [0.717, 1.165) is 27.5 Å². The number of benzene rings is 2. The van der Waals surface area contributed by atoms with Crippen molar-refractivity contribution in [3.05, 3.63) is 64.8 Å². The Balaban J connectivity index is 2.13. The number of alkyl halides is 3. The third-order valence-electron chi connectivity index (χ3n) is 3.85. The summed E-state index contributed by atoms with van der Waals surface area (Å²) in [6.45, 7) is 4.19. The van der Waals surface area contributed by atoms with E-state index in [4.69, 9.17) is 0 Å². The third kappa shape index (κ3) is 4.76. The van der Waals surface area contributed by atoms with Crippen LogP contribution in [-0.2, 0) is 6.18 Å². The number of halogens is 4. The average Bonchev–Trinajstić information content (AvgIpc) is 3.04. The molecule has 0 radical (unpaired) electrons. The maximum Gasteiger partial charge on any atom is 0.416 e. The van der Waals surface area contributed by atoms with Gasteiger partial charge >= 0.3 is 6.18 Å². The molecule has 3 rings (SSSR count). The smallest absolute Gasteiger partial charge is 0.287 e. The van der Waals surface area contributed by atoms with Crippen LogP contribution in [0, 0.1) is 5.92 Å². The van der Waals surface area contributed by atoms with Gasteiger partial charge in [0.1, 0.15) is 0 Å². The fraction of sp³-hybridized carbons (Fsp3) is 0.250. The molecule has 2 nitrogen and oxygen atoms in total. The average molecular weight is 455 g/mol. The molecule has 0 N–H and O–H groups in total. The van der Waals surface area contributed by atoms with Crippen molar-refractivity contribution in [2.24, 2.45) is 5.92 Å². The van der Waals surface area contributed by atoms with Crippen molar-refractivity contribution in [2.45, 2.75) is 25.2 Å². The van der Waals surface area contributed by atoms with Crippen molar-refractivity contribution in [1.82, 2.24) is 9.55 Å². The van der Waals surface area contributed by atoms with Crippen LogP contribution in [0.3, 0.4) is 0 Å². The fourth-order valence-electron chi connectivity index (χ4n) is 2.57. The summed E-state index contributed by atoms with van der Waals surface area (Å²) in [5.74, 6) is 1.27. The molecule has 0 saturated heterocycles. The first-order valence-electron chi connectivity index (χ1n) is 8.40. The van der Waals surface area contributed by atoms with Crippen LogP contribution in [0.2, 0.25) is 0 Å². The van der Waals surface area contributed by atoms with Crippen LogP contribution in [0.5, 0.6) is 0 Å². The minimum absolute atomic E-state index is 0.442. The molecule has 0 fully saturated rings.